The maximum Gasteiger partial charge on any atom is 0.329 e. The van der Waals surface area contributed by atoms with E-state index >= 15 is 0 Å². The molecule has 4 nitrogen and oxygen atoms in total. The summed E-state index contributed by atoms with van der Waals surface area (Å²) >= 11 is 5.01. The van der Waals surface area contributed by atoms with E-state index in [0.29, 0.717) is 0 Å². The predicted molar refractivity (Wildman–Crippen MR) is 29.2 cm³/mol. The Labute approximate surface area is 52.7 Å². The van der Waals surface area contributed by atoms with Crippen molar-refractivity contribution in [3.05, 3.63) is 0 Å². The van der Waals surface area contributed by atoms with Gasteiger partial charge in [0.2, 0.25) is 0 Å². The zero-order valence-corrected chi connectivity index (χ0v) is 5.51. The van der Waals surface area contributed by atoms with E-state index in [0.717, 1.165) is 0 Å². The highest BCUT2D eigenvalue weighted by Gasteiger charge is 2.06. The summed E-state index contributed by atoms with van der Waals surface area (Å²) in [6.07, 6.45) is -1.28. The zero-order valence-electron chi connectivity index (χ0n) is 3.86. The first-order chi connectivity index (χ1) is 3.66. The van der Waals surface area contributed by atoms with Crippen molar-refractivity contribution in [3.63, 3.8) is 0 Å². The Kier molecular flexibility index (Phi) is 4.75. The molecule has 0 aliphatic heterocycles. The fraction of sp³-hybridized carbons (Fsp3) is 1.00. The summed E-state index contributed by atoms with van der Waals surface area (Å²) in [7, 11) is -2.48. The largest absolute Gasteiger partial charge is 0.367 e. The number of hydrogen-bond donors (Lipinski definition) is 3. The molecule has 6 heteroatoms. The van der Waals surface area contributed by atoms with Gasteiger partial charge in [0.05, 0.1) is 5.88 Å². The van der Waals surface area contributed by atoms with Crippen LogP contribution in [-0.2, 0) is 4.52 Å². The average Bonchev–Trinajstić information content (AvgIpc) is 1.65. The second kappa shape index (κ2) is 4.44. The van der Waals surface area contributed by atoms with E-state index in [9.17, 15) is 0 Å². The van der Waals surface area contributed by atoms with Crippen LogP contribution in [0.3, 0.4) is 0 Å². The molecular formula is C2H6ClO4P. The number of alkyl halides is 1. The van der Waals surface area contributed by atoms with Gasteiger partial charge in [-0.2, -0.15) is 0 Å². The summed E-state index contributed by atoms with van der Waals surface area (Å²) in [6, 6.07) is 0. The van der Waals surface area contributed by atoms with Crippen molar-refractivity contribution in [2.45, 2.75) is 6.29 Å². The smallest absolute Gasteiger partial charge is 0.329 e. The third kappa shape index (κ3) is 4.71. The van der Waals surface area contributed by atoms with E-state index in [1.165, 1.54) is 0 Å². The van der Waals surface area contributed by atoms with Crippen LogP contribution in [0.25, 0.3) is 0 Å². The minimum atomic E-state index is -2.48. The summed E-state index contributed by atoms with van der Waals surface area (Å²) in [5.74, 6) is -0.167. The standard InChI is InChI=1S/C2H6ClO4P/c3-1-2(4)7-8(5)6/h2,4-6H,1H2. The molecule has 0 aliphatic rings. The molecule has 0 fully saturated rings. The zero-order chi connectivity index (χ0) is 6.57. The second-order valence-electron chi connectivity index (χ2n) is 0.967. The van der Waals surface area contributed by atoms with Crippen molar-refractivity contribution < 1.29 is 19.4 Å². The fourth-order valence-corrected chi connectivity index (χ4v) is 0.580. The monoisotopic (exact) mass is 160 g/mol. The van der Waals surface area contributed by atoms with E-state index in [1.54, 1.807) is 0 Å². The number of halogens is 1. The molecule has 0 aromatic carbocycles. The molecule has 0 saturated carbocycles. The van der Waals surface area contributed by atoms with E-state index in [-0.39, 0.29) is 5.88 Å². The van der Waals surface area contributed by atoms with Gasteiger partial charge in [-0.15, -0.1) is 11.6 Å². The molecule has 0 spiro atoms. The Hall–Kier alpha value is 0.560. The van der Waals surface area contributed by atoms with Crippen molar-refractivity contribution >= 4 is 20.2 Å². The number of aliphatic hydroxyl groups is 1. The van der Waals surface area contributed by atoms with Gasteiger partial charge in [-0.1, -0.05) is 0 Å². The van der Waals surface area contributed by atoms with Gasteiger partial charge in [-0.05, 0) is 0 Å². The van der Waals surface area contributed by atoms with Gasteiger partial charge in [0, 0.05) is 0 Å². The summed E-state index contributed by atoms with van der Waals surface area (Å²) in [5.41, 5.74) is 0. The Bertz CT molecular complexity index is 60.0. The maximum absolute atomic E-state index is 8.37. The summed E-state index contributed by atoms with van der Waals surface area (Å²) in [4.78, 5) is 16.1. The van der Waals surface area contributed by atoms with Gasteiger partial charge in [-0.25, -0.2) is 0 Å². The lowest BCUT2D eigenvalue weighted by Gasteiger charge is -2.06. The van der Waals surface area contributed by atoms with Crippen LogP contribution in [0.1, 0.15) is 0 Å². The van der Waals surface area contributed by atoms with E-state index in [4.69, 9.17) is 26.5 Å². The molecule has 0 heterocycles. The maximum atomic E-state index is 8.37. The summed E-state index contributed by atoms with van der Waals surface area (Å²) in [5, 5.41) is 8.37. The minimum absolute atomic E-state index is 0.167. The molecular weight excluding hydrogens is 154 g/mol. The van der Waals surface area contributed by atoms with Crippen LogP contribution in [0.4, 0.5) is 0 Å². The van der Waals surface area contributed by atoms with E-state index in [1.807, 2.05) is 0 Å². The topological polar surface area (TPSA) is 69.9 Å². The lowest BCUT2D eigenvalue weighted by molar-refractivity contribution is -0.00555. The van der Waals surface area contributed by atoms with E-state index < -0.39 is 14.9 Å². The van der Waals surface area contributed by atoms with Crippen LogP contribution < -0.4 is 0 Å². The highest BCUT2D eigenvalue weighted by Crippen LogP contribution is 2.25. The molecule has 1 atom stereocenters. The van der Waals surface area contributed by atoms with Crippen molar-refractivity contribution in [3.8, 4) is 0 Å². The third-order valence-corrected chi connectivity index (χ3v) is 1.04. The van der Waals surface area contributed by atoms with Gasteiger partial charge in [0.1, 0.15) is 0 Å². The van der Waals surface area contributed by atoms with Crippen molar-refractivity contribution in [2.24, 2.45) is 0 Å². The highest BCUT2D eigenvalue weighted by molar-refractivity contribution is 7.39. The first-order valence-electron chi connectivity index (χ1n) is 1.75. The Morgan fingerprint density at radius 1 is 1.62 bits per heavy atom. The Balaban J connectivity index is 3.10. The lowest BCUT2D eigenvalue weighted by atomic mass is 10.8. The molecule has 0 aromatic rings. The van der Waals surface area contributed by atoms with Crippen LogP contribution in [-0.4, -0.2) is 27.1 Å². The number of hydrogen-bond acceptors (Lipinski definition) is 4. The van der Waals surface area contributed by atoms with Gasteiger partial charge in [0.25, 0.3) is 0 Å². The molecule has 0 bridgehead atoms. The predicted octanol–water partition coefficient (Wildman–Crippen LogP) is -0.228. The van der Waals surface area contributed by atoms with Crippen LogP contribution in [0.2, 0.25) is 0 Å². The molecule has 0 amide bonds. The molecule has 1 unspecified atom stereocenters. The first kappa shape index (κ1) is 8.56. The molecule has 50 valence electrons. The fourth-order valence-electron chi connectivity index (χ4n) is 0.137. The van der Waals surface area contributed by atoms with Crippen LogP contribution in [0.15, 0.2) is 0 Å². The van der Waals surface area contributed by atoms with Crippen LogP contribution in [0.5, 0.6) is 0 Å². The lowest BCUT2D eigenvalue weighted by Crippen LogP contribution is -2.09. The minimum Gasteiger partial charge on any atom is -0.367 e. The average molecular weight is 160 g/mol. The van der Waals surface area contributed by atoms with Gasteiger partial charge >= 0.3 is 8.60 Å². The highest BCUT2D eigenvalue weighted by atomic mass is 35.5. The SMILES string of the molecule is OC(CCl)OP(O)O. The first-order valence-corrected chi connectivity index (χ1v) is 3.45. The second-order valence-corrected chi connectivity index (χ2v) is 1.99. The molecule has 8 heavy (non-hydrogen) atoms. The Morgan fingerprint density at radius 2 is 2.12 bits per heavy atom. The normalized spacial score (nSPS) is 14.6. The van der Waals surface area contributed by atoms with Crippen LogP contribution in [0, 0.1) is 0 Å². The Morgan fingerprint density at radius 3 is 2.25 bits per heavy atom. The molecule has 0 rings (SSSR count). The number of aliphatic hydroxyl groups excluding tert-OH is 1. The quantitative estimate of drug-likeness (QED) is 0.303. The molecule has 0 aromatic heterocycles. The van der Waals surface area contributed by atoms with Crippen molar-refractivity contribution in [1.29, 1.82) is 0 Å². The summed E-state index contributed by atoms with van der Waals surface area (Å²) < 4.78 is 4.00. The third-order valence-electron chi connectivity index (χ3n) is 0.348. The van der Waals surface area contributed by atoms with Gasteiger partial charge < -0.3 is 14.9 Å². The molecule has 0 radical (unpaired) electrons. The summed E-state index contributed by atoms with van der Waals surface area (Å²) in [6.45, 7) is 0. The van der Waals surface area contributed by atoms with Crippen LogP contribution >= 0.6 is 20.2 Å². The van der Waals surface area contributed by atoms with E-state index in [2.05, 4.69) is 4.52 Å². The van der Waals surface area contributed by atoms with Gasteiger partial charge in [0.15, 0.2) is 6.29 Å². The number of rotatable bonds is 3. The van der Waals surface area contributed by atoms with Crippen molar-refractivity contribution in [1.82, 2.24) is 0 Å². The molecule has 0 aliphatic carbocycles. The van der Waals surface area contributed by atoms with Gasteiger partial charge in [-0.3, -0.25) is 4.52 Å². The molecule has 3 N–H and O–H groups in total. The molecule has 0 saturated heterocycles. The van der Waals surface area contributed by atoms with Crippen molar-refractivity contribution in [2.75, 3.05) is 5.88 Å².